The van der Waals surface area contributed by atoms with Crippen LogP contribution in [0.15, 0.2) is 36.7 Å². The summed E-state index contributed by atoms with van der Waals surface area (Å²) in [5, 5.41) is 6.67. The molecule has 6 nitrogen and oxygen atoms in total. The Morgan fingerprint density at radius 1 is 1.08 bits per heavy atom. The first-order valence-corrected chi connectivity index (χ1v) is 8.90. The van der Waals surface area contributed by atoms with E-state index in [1.165, 1.54) is 16.9 Å². The van der Waals surface area contributed by atoms with Crippen molar-refractivity contribution < 1.29 is 9.53 Å². The van der Waals surface area contributed by atoms with Gasteiger partial charge < -0.3 is 15.4 Å². The highest BCUT2D eigenvalue weighted by Gasteiger charge is 2.14. The minimum atomic E-state index is -0.173. The first kappa shape index (κ1) is 17.9. The molecule has 1 aromatic carbocycles. The molecule has 2 aromatic heterocycles. The number of carbonyl (C=O) groups is 1. The molecule has 0 atom stereocenters. The van der Waals surface area contributed by atoms with Crippen LogP contribution in [0.2, 0.25) is 0 Å². The fraction of sp³-hybridized carbons (Fsp3) is 0.211. The van der Waals surface area contributed by atoms with Crippen LogP contribution in [-0.4, -0.2) is 23.0 Å². The van der Waals surface area contributed by atoms with E-state index in [9.17, 15) is 4.79 Å². The molecular weight excluding hydrogens is 348 g/mol. The second kappa shape index (κ2) is 7.53. The van der Waals surface area contributed by atoms with Gasteiger partial charge in [0.25, 0.3) is 5.91 Å². The maximum atomic E-state index is 12.6. The van der Waals surface area contributed by atoms with Gasteiger partial charge in [-0.3, -0.25) is 4.79 Å². The molecule has 0 saturated heterocycles. The van der Waals surface area contributed by atoms with Gasteiger partial charge in [-0.15, -0.1) is 0 Å². The average Bonchev–Trinajstić information content (AvgIpc) is 3.07. The summed E-state index contributed by atoms with van der Waals surface area (Å²) in [7, 11) is 1.59. The topological polar surface area (TPSA) is 76.1 Å². The van der Waals surface area contributed by atoms with E-state index in [1.54, 1.807) is 31.6 Å². The second-order valence-electron chi connectivity index (χ2n) is 5.97. The van der Waals surface area contributed by atoms with Crippen molar-refractivity contribution in [3.8, 4) is 5.75 Å². The van der Waals surface area contributed by atoms with Gasteiger partial charge in [-0.05, 0) is 44.0 Å². The molecule has 2 N–H and O–H groups in total. The number of aromatic nitrogens is 2. The predicted octanol–water partition coefficient (Wildman–Crippen LogP) is 4.47. The predicted molar refractivity (Wildman–Crippen MR) is 105 cm³/mol. The second-order valence-corrected chi connectivity index (χ2v) is 7.00. The number of thiazole rings is 1. The number of hydrogen-bond donors (Lipinski definition) is 2. The number of carbonyl (C=O) groups excluding carboxylic acids is 1. The number of nitrogens with one attached hydrogen (secondary N) is 2. The van der Waals surface area contributed by atoms with Crippen LogP contribution in [0.5, 0.6) is 5.75 Å². The van der Waals surface area contributed by atoms with E-state index in [2.05, 4.69) is 32.7 Å². The first-order valence-electron chi connectivity index (χ1n) is 8.08. The number of amides is 1. The van der Waals surface area contributed by atoms with Crippen LogP contribution in [0, 0.1) is 20.8 Å². The average molecular weight is 368 g/mol. The lowest BCUT2D eigenvalue weighted by molar-refractivity contribution is 0.103. The van der Waals surface area contributed by atoms with Crippen molar-refractivity contribution in [3.05, 3.63) is 58.2 Å². The monoisotopic (exact) mass is 368 g/mol. The quantitative estimate of drug-likeness (QED) is 0.695. The van der Waals surface area contributed by atoms with Crippen LogP contribution < -0.4 is 15.4 Å². The van der Waals surface area contributed by atoms with Gasteiger partial charge in [-0.1, -0.05) is 29.0 Å². The smallest absolute Gasteiger partial charge is 0.267 e. The molecule has 0 radical (unpaired) electrons. The lowest BCUT2D eigenvalue weighted by atomic mass is 10.1. The molecule has 0 aliphatic heterocycles. The molecule has 134 valence electrons. The SMILES string of the molecule is COc1ccc(Nc2ncc(C(=O)Nc3c(C)cc(C)cc3C)s2)nc1. The first-order chi connectivity index (χ1) is 12.5. The maximum Gasteiger partial charge on any atom is 0.267 e. The number of hydrogen-bond acceptors (Lipinski definition) is 6. The molecule has 0 unspecified atom stereocenters. The molecule has 0 saturated carbocycles. The number of methoxy groups -OCH3 is 1. The molecule has 0 aliphatic rings. The zero-order chi connectivity index (χ0) is 18.7. The van der Waals surface area contributed by atoms with Crippen molar-refractivity contribution in [2.45, 2.75) is 20.8 Å². The molecule has 2 heterocycles. The van der Waals surface area contributed by atoms with Gasteiger partial charge in [-0.25, -0.2) is 9.97 Å². The van der Waals surface area contributed by atoms with E-state index in [-0.39, 0.29) is 5.91 Å². The van der Waals surface area contributed by atoms with Crippen LogP contribution in [0.4, 0.5) is 16.6 Å². The van der Waals surface area contributed by atoms with Gasteiger partial charge in [-0.2, -0.15) is 0 Å². The minimum absolute atomic E-state index is 0.173. The van der Waals surface area contributed by atoms with Crippen molar-refractivity contribution in [2.24, 2.45) is 0 Å². The molecule has 3 rings (SSSR count). The Kier molecular flexibility index (Phi) is 5.18. The number of ether oxygens (including phenoxy) is 1. The third-order valence-electron chi connectivity index (χ3n) is 3.85. The van der Waals surface area contributed by atoms with Gasteiger partial charge in [0.15, 0.2) is 5.13 Å². The Labute approximate surface area is 156 Å². The summed E-state index contributed by atoms with van der Waals surface area (Å²) >= 11 is 1.27. The number of rotatable bonds is 5. The molecule has 0 bridgehead atoms. The summed E-state index contributed by atoms with van der Waals surface area (Å²) in [6, 6.07) is 7.70. The van der Waals surface area contributed by atoms with Crippen molar-refractivity contribution >= 4 is 33.9 Å². The zero-order valence-electron chi connectivity index (χ0n) is 15.1. The standard InChI is InChI=1S/C19H20N4O2S/c1-11-7-12(2)17(13(3)8-11)23-18(24)15-10-21-19(26-15)22-16-6-5-14(25-4)9-20-16/h5-10H,1-4H3,(H,23,24)(H,20,21,22). The van der Waals surface area contributed by atoms with Crippen LogP contribution in [0.25, 0.3) is 0 Å². The molecule has 3 aromatic rings. The summed E-state index contributed by atoms with van der Waals surface area (Å²) < 4.78 is 5.08. The van der Waals surface area contributed by atoms with Gasteiger partial charge >= 0.3 is 0 Å². The zero-order valence-corrected chi connectivity index (χ0v) is 15.9. The Morgan fingerprint density at radius 2 is 1.81 bits per heavy atom. The normalized spacial score (nSPS) is 10.5. The maximum absolute atomic E-state index is 12.6. The molecule has 1 amide bonds. The number of nitrogens with zero attached hydrogens (tertiary/aromatic N) is 2. The van der Waals surface area contributed by atoms with Crippen LogP contribution in [0.1, 0.15) is 26.4 Å². The highest BCUT2D eigenvalue weighted by molar-refractivity contribution is 7.17. The van der Waals surface area contributed by atoms with Crippen LogP contribution in [0.3, 0.4) is 0 Å². The number of aryl methyl sites for hydroxylation is 3. The lowest BCUT2D eigenvalue weighted by Crippen LogP contribution is -2.12. The summed E-state index contributed by atoms with van der Waals surface area (Å²) in [6.07, 6.45) is 3.18. The summed E-state index contributed by atoms with van der Waals surface area (Å²) in [4.78, 5) is 21.6. The number of anilines is 3. The lowest BCUT2D eigenvalue weighted by Gasteiger charge is -2.12. The summed E-state index contributed by atoms with van der Waals surface area (Å²) in [5.41, 5.74) is 4.11. The van der Waals surface area contributed by atoms with E-state index in [0.29, 0.717) is 21.6 Å². The fourth-order valence-corrected chi connectivity index (χ4v) is 3.39. The van der Waals surface area contributed by atoms with Gasteiger partial charge in [0.05, 0.1) is 19.5 Å². The van der Waals surface area contributed by atoms with Gasteiger partial charge in [0.1, 0.15) is 16.4 Å². The van der Waals surface area contributed by atoms with E-state index in [1.807, 2.05) is 20.8 Å². The summed E-state index contributed by atoms with van der Waals surface area (Å²) in [6.45, 7) is 6.02. The number of pyridine rings is 1. The molecule has 7 heteroatoms. The van der Waals surface area contributed by atoms with Crippen LogP contribution in [-0.2, 0) is 0 Å². The Morgan fingerprint density at radius 3 is 2.42 bits per heavy atom. The molecule has 26 heavy (non-hydrogen) atoms. The highest BCUT2D eigenvalue weighted by atomic mass is 32.1. The van der Waals surface area contributed by atoms with E-state index >= 15 is 0 Å². The third kappa shape index (κ3) is 4.00. The van der Waals surface area contributed by atoms with Crippen molar-refractivity contribution in [1.82, 2.24) is 9.97 Å². The van der Waals surface area contributed by atoms with E-state index < -0.39 is 0 Å². The minimum Gasteiger partial charge on any atom is -0.495 e. The fourth-order valence-electron chi connectivity index (χ4n) is 2.67. The molecule has 0 aliphatic carbocycles. The van der Waals surface area contributed by atoms with Crippen molar-refractivity contribution in [2.75, 3.05) is 17.7 Å². The number of benzene rings is 1. The van der Waals surface area contributed by atoms with Gasteiger partial charge in [0, 0.05) is 5.69 Å². The largest absolute Gasteiger partial charge is 0.495 e. The van der Waals surface area contributed by atoms with Gasteiger partial charge in [0.2, 0.25) is 0 Å². The highest BCUT2D eigenvalue weighted by Crippen LogP contribution is 2.26. The Bertz CT molecular complexity index is 912. The summed E-state index contributed by atoms with van der Waals surface area (Å²) in [5.74, 6) is 1.14. The molecule has 0 fully saturated rings. The van der Waals surface area contributed by atoms with Crippen LogP contribution >= 0.6 is 11.3 Å². The Hall–Kier alpha value is -2.93. The van der Waals surface area contributed by atoms with E-state index in [0.717, 1.165) is 16.8 Å². The molecule has 0 spiro atoms. The van der Waals surface area contributed by atoms with Crippen molar-refractivity contribution in [3.63, 3.8) is 0 Å². The molecular formula is C19H20N4O2S. The Balaban J connectivity index is 1.72. The van der Waals surface area contributed by atoms with E-state index in [4.69, 9.17) is 4.74 Å². The van der Waals surface area contributed by atoms with Crippen molar-refractivity contribution in [1.29, 1.82) is 0 Å². The third-order valence-corrected chi connectivity index (χ3v) is 4.76.